The molecule has 27 heavy (non-hydrogen) atoms. The molecule has 0 aromatic heterocycles. The first-order valence-electron chi connectivity index (χ1n) is 8.32. The molecule has 1 aliphatic heterocycles. The molecule has 7 heteroatoms. The van der Waals surface area contributed by atoms with Crippen LogP contribution in [0.1, 0.15) is 22.3 Å². The summed E-state index contributed by atoms with van der Waals surface area (Å²) in [6, 6.07) is 9.45. The molecule has 0 spiro atoms. The molecule has 0 aliphatic carbocycles. The Kier molecular flexibility index (Phi) is 5.90. The molecule has 0 radical (unpaired) electrons. The van der Waals surface area contributed by atoms with Crippen molar-refractivity contribution in [3.8, 4) is 23.0 Å². The number of ketones is 1. The Morgan fingerprint density at radius 2 is 1.85 bits per heavy atom. The minimum atomic E-state index is -2.94. The lowest BCUT2D eigenvalue weighted by Crippen LogP contribution is -2.03. The van der Waals surface area contributed by atoms with Gasteiger partial charge in [0.2, 0.25) is 0 Å². The van der Waals surface area contributed by atoms with E-state index in [4.69, 9.17) is 14.2 Å². The van der Waals surface area contributed by atoms with Gasteiger partial charge in [0.15, 0.2) is 28.8 Å². The summed E-state index contributed by atoms with van der Waals surface area (Å²) in [5, 5.41) is 0. The number of rotatable bonds is 6. The van der Waals surface area contributed by atoms with Crippen molar-refractivity contribution in [1.29, 1.82) is 0 Å². The maximum Gasteiger partial charge on any atom is 0.387 e. The van der Waals surface area contributed by atoms with Crippen LogP contribution in [-0.2, 0) is 0 Å². The fourth-order valence-corrected chi connectivity index (χ4v) is 2.57. The summed E-state index contributed by atoms with van der Waals surface area (Å²) in [4.78, 5) is 12.4. The first kappa shape index (κ1) is 18.7. The lowest BCUT2D eigenvalue weighted by molar-refractivity contribution is -0.0512. The summed E-state index contributed by atoms with van der Waals surface area (Å²) in [5.74, 6) is 1.02. The first-order chi connectivity index (χ1) is 13.1. The minimum Gasteiger partial charge on any atom is -0.493 e. The normalized spacial score (nSPS) is 13.5. The summed E-state index contributed by atoms with van der Waals surface area (Å²) in [5.41, 5.74) is 1.07. The van der Waals surface area contributed by atoms with Crippen LogP contribution in [-0.4, -0.2) is 32.7 Å². The van der Waals surface area contributed by atoms with E-state index in [-0.39, 0.29) is 17.3 Å². The Labute approximate surface area is 155 Å². The zero-order valence-electron chi connectivity index (χ0n) is 14.6. The van der Waals surface area contributed by atoms with Crippen LogP contribution in [0.2, 0.25) is 0 Å². The van der Waals surface area contributed by atoms with E-state index in [1.165, 1.54) is 25.3 Å². The van der Waals surface area contributed by atoms with Crippen LogP contribution in [0.15, 0.2) is 42.5 Å². The van der Waals surface area contributed by atoms with Gasteiger partial charge in [0, 0.05) is 12.0 Å². The molecule has 1 aliphatic rings. The van der Waals surface area contributed by atoms with Crippen LogP contribution in [0.4, 0.5) is 8.78 Å². The highest BCUT2D eigenvalue weighted by Gasteiger charge is 2.13. The molecule has 0 unspecified atom stereocenters. The summed E-state index contributed by atoms with van der Waals surface area (Å²) < 4.78 is 45.3. The second-order valence-corrected chi connectivity index (χ2v) is 5.70. The van der Waals surface area contributed by atoms with Gasteiger partial charge in [-0.3, -0.25) is 4.79 Å². The molecule has 3 rings (SSSR count). The number of methoxy groups -OCH3 is 1. The Morgan fingerprint density at radius 1 is 1.07 bits per heavy atom. The van der Waals surface area contributed by atoms with Gasteiger partial charge in [0.25, 0.3) is 0 Å². The van der Waals surface area contributed by atoms with E-state index in [9.17, 15) is 13.6 Å². The average molecular weight is 376 g/mol. The number of alkyl halides is 2. The van der Waals surface area contributed by atoms with Crippen molar-refractivity contribution >= 4 is 11.9 Å². The van der Waals surface area contributed by atoms with Gasteiger partial charge in [-0.25, -0.2) is 0 Å². The number of benzene rings is 2. The lowest BCUT2D eigenvalue weighted by atomic mass is 10.1. The predicted octanol–water partition coefficient (Wildman–Crippen LogP) is 4.35. The van der Waals surface area contributed by atoms with Gasteiger partial charge in [-0.05, 0) is 42.0 Å². The number of halogens is 2. The number of carbonyl (C=O) groups is 1. The van der Waals surface area contributed by atoms with Crippen LogP contribution in [0, 0.1) is 0 Å². The Bertz CT molecular complexity index is 848. The SMILES string of the molecule is COc1cc(/C=C/C(=O)c2ccc3c(c2)OCCCO3)ccc1OC(F)F. The Morgan fingerprint density at radius 3 is 2.59 bits per heavy atom. The van der Waals surface area contributed by atoms with E-state index in [1.807, 2.05) is 0 Å². The summed E-state index contributed by atoms with van der Waals surface area (Å²) in [7, 11) is 1.35. The number of hydrogen-bond acceptors (Lipinski definition) is 5. The predicted molar refractivity (Wildman–Crippen MR) is 95.0 cm³/mol. The van der Waals surface area contributed by atoms with E-state index in [2.05, 4.69) is 4.74 Å². The van der Waals surface area contributed by atoms with Crippen molar-refractivity contribution in [2.75, 3.05) is 20.3 Å². The highest BCUT2D eigenvalue weighted by molar-refractivity contribution is 6.07. The molecule has 0 atom stereocenters. The van der Waals surface area contributed by atoms with E-state index in [1.54, 1.807) is 30.3 Å². The monoisotopic (exact) mass is 376 g/mol. The molecule has 0 bridgehead atoms. The van der Waals surface area contributed by atoms with Gasteiger partial charge in [0.1, 0.15) is 0 Å². The van der Waals surface area contributed by atoms with Crippen molar-refractivity contribution in [3.05, 3.63) is 53.6 Å². The third-order valence-electron chi connectivity index (χ3n) is 3.86. The summed E-state index contributed by atoms with van der Waals surface area (Å²) in [6.07, 6.45) is 3.74. The summed E-state index contributed by atoms with van der Waals surface area (Å²) >= 11 is 0. The maximum atomic E-state index is 12.4. The molecule has 0 fully saturated rings. The van der Waals surface area contributed by atoms with E-state index in [0.29, 0.717) is 35.8 Å². The Hall–Kier alpha value is -3.09. The van der Waals surface area contributed by atoms with Gasteiger partial charge in [-0.15, -0.1) is 0 Å². The van der Waals surface area contributed by atoms with Crippen molar-refractivity contribution in [2.24, 2.45) is 0 Å². The van der Waals surface area contributed by atoms with Crippen LogP contribution in [0.5, 0.6) is 23.0 Å². The van der Waals surface area contributed by atoms with Crippen LogP contribution >= 0.6 is 0 Å². The van der Waals surface area contributed by atoms with Crippen molar-refractivity contribution in [3.63, 3.8) is 0 Å². The molecular weight excluding hydrogens is 358 g/mol. The maximum absolute atomic E-state index is 12.4. The smallest absolute Gasteiger partial charge is 0.387 e. The minimum absolute atomic E-state index is 0.0705. The molecule has 0 saturated heterocycles. The zero-order chi connectivity index (χ0) is 19.2. The molecule has 142 valence electrons. The second kappa shape index (κ2) is 8.53. The molecular formula is C20H18F2O5. The largest absolute Gasteiger partial charge is 0.493 e. The van der Waals surface area contributed by atoms with Crippen molar-refractivity contribution < 1.29 is 32.5 Å². The molecule has 1 heterocycles. The van der Waals surface area contributed by atoms with Gasteiger partial charge < -0.3 is 18.9 Å². The van der Waals surface area contributed by atoms with Gasteiger partial charge in [-0.1, -0.05) is 12.1 Å². The van der Waals surface area contributed by atoms with Crippen LogP contribution in [0.25, 0.3) is 6.08 Å². The molecule has 0 amide bonds. The average Bonchev–Trinajstić information content (AvgIpc) is 2.91. The first-order valence-corrected chi connectivity index (χ1v) is 8.32. The lowest BCUT2D eigenvalue weighted by Gasteiger charge is -2.10. The van der Waals surface area contributed by atoms with Crippen molar-refractivity contribution in [1.82, 2.24) is 0 Å². The fraction of sp³-hybridized carbons (Fsp3) is 0.250. The van der Waals surface area contributed by atoms with Gasteiger partial charge >= 0.3 is 6.61 Å². The third kappa shape index (κ3) is 4.75. The number of allylic oxidation sites excluding steroid dienone is 1. The molecule has 5 nitrogen and oxygen atoms in total. The number of ether oxygens (including phenoxy) is 4. The third-order valence-corrected chi connectivity index (χ3v) is 3.86. The van der Waals surface area contributed by atoms with Gasteiger partial charge in [0.05, 0.1) is 20.3 Å². The fourth-order valence-electron chi connectivity index (χ4n) is 2.57. The topological polar surface area (TPSA) is 54.0 Å². The molecule has 2 aromatic rings. The van der Waals surface area contributed by atoms with Crippen molar-refractivity contribution in [2.45, 2.75) is 13.0 Å². The molecule has 0 saturated carbocycles. The zero-order valence-corrected chi connectivity index (χ0v) is 14.6. The summed E-state index contributed by atoms with van der Waals surface area (Å²) in [6.45, 7) is -1.83. The number of carbonyl (C=O) groups excluding carboxylic acids is 1. The Balaban J connectivity index is 1.75. The van der Waals surface area contributed by atoms with Crippen LogP contribution in [0.3, 0.4) is 0 Å². The highest BCUT2D eigenvalue weighted by atomic mass is 19.3. The van der Waals surface area contributed by atoms with E-state index in [0.717, 1.165) is 6.42 Å². The van der Waals surface area contributed by atoms with Gasteiger partial charge in [-0.2, -0.15) is 8.78 Å². The van der Waals surface area contributed by atoms with Crippen LogP contribution < -0.4 is 18.9 Å². The quantitative estimate of drug-likeness (QED) is 0.554. The standard InChI is InChI=1S/C20H18F2O5/c1-24-18-11-13(4-7-17(18)27-20(21)22)3-6-15(23)14-5-8-16-19(12-14)26-10-2-9-25-16/h3-8,11-12,20H,2,9-10H2,1H3/b6-3+. The number of fused-ring (bicyclic) bond motifs is 1. The highest BCUT2D eigenvalue weighted by Crippen LogP contribution is 2.31. The molecule has 2 aromatic carbocycles. The second-order valence-electron chi connectivity index (χ2n) is 5.70. The van der Waals surface area contributed by atoms with E-state index >= 15 is 0 Å². The number of hydrogen-bond donors (Lipinski definition) is 0. The molecule has 0 N–H and O–H groups in total. The van der Waals surface area contributed by atoms with E-state index < -0.39 is 6.61 Å².